The van der Waals surface area contributed by atoms with Gasteiger partial charge in [0.15, 0.2) is 0 Å². The van der Waals surface area contributed by atoms with Crippen LogP contribution in [0.25, 0.3) is 0 Å². The van der Waals surface area contributed by atoms with Crippen LogP contribution < -0.4 is 0 Å². The minimum absolute atomic E-state index is 0.621. The van der Waals surface area contributed by atoms with Crippen LogP contribution >= 0.6 is 0 Å². The number of hydrogen-bond acceptors (Lipinski definition) is 2. The number of allylic oxidation sites excluding steroid dienone is 1. The molecule has 12 heavy (non-hydrogen) atoms. The van der Waals surface area contributed by atoms with E-state index >= 15 is 0 Å². The van der Waals surface area contributed by atoms with Crippen molar-refractivity contribution in [2.24, 2.45) is 0 Å². The predicted molar refractivity (Wildman–Crippen MR) is 53.0 cm³/mol. The van der Waals surface area contributed by atoms with Crippen LogP contribution in [0.4, 0.5) is 0 Å². The maximum atomic E-state index is 3.95. The quantitative estimate of drug-likeness (QED) is 0.571. The van der Waals surface area contributed by atoms with Gasteiger partial charge in [-0.1, -0.05) is 13.2 Å². The van der Waals surface area contributed by atoms with E-state index in [-0.39, 0.29) is 0 Å². The Bertz CT molecular complexity index is 186. The first-order chi connectivity index (χ1) is 5.65. The summed E-state index contributed by atoms with van der Waals surface area (Å²) in [5.41, 5.74) is 1.05. The van der Waals surface area contributed by atoms with Gasteiger partial charge < -0.3 is 9.80 Å². The normalized spacial score (nSPS) is 25.5. The molecule has 1 unspecified atom stereocenters. The second-order valence-corrected chi connectivity index (χ2v) is 3.47. The molecule has 1 aliphatic heterocycles. The van der Waals surface area contributed by atoms with Crippen LogP contribution in [0.2, 0.25) is 0 Å². The molecule has 1 heterocycles. The highest BCUT2D eigenvalue weighted by atomic mass is 15.3. The third-order valence-corrected chi connectivity index (χ3v) is 2.60. The zero-order valence-electron chi connectivity index (χ0n) is 8.08. The molecule has 68 valence electrons. The maximum absolute atomic E-state index is 3.95. The Labute approximate surface area is 75.2 Å². The Morgan fingerprint density at radius 2 is 2.17 bits per heavy atom. The van der Waals surface area contributed by atoms with Gasteiger partial charge in [0.25, 0.3) is 0 Å². The lowest BCUT2D eigenvalue weighted by Gasteiger charge is -2.39. The maximum Gasteiger partial charge on any atom is 0.0331 e. The number of rotatable bonds is 2. The van der Waals surface area contributed by atoms with Crippen LogP contribution in [0.5, 0.6) is 0 Å². The van der Waals surface area contributed by atoms with Gasteiger partial charge in [0.1, 0.15) is 0 Å². The summed E-state index contributed by atoms with van der Waals surface area (Å²) in [5.74, 6) is 0. The van der Waals surface area contributed by atoms with Gasteiger partial charge >= 0.3 is 0 Å². The third-order valence-electron chi connectivity index (χ3n) is 2.60. The molecule has 0 N–H and O–H groups in total. The minimum Gasteiger partial charge on any atom is -0.369 e. The summed E-state index contributed by atoms with van der Waals surface area (Å²) in [6.07, 6.45) is 1.83. The van der Waals surface area contributed by atoms with Gasteiger partial charge in [-0.3, -0.25) is 0 Å². The van der Waals surface area contributed by atoms with Crippen molar-refractivity contribution in [1.29, 1.82) is 0 Å². The molecule has 0 aromatic heterocycles. The highest BCUT2D eigenvalue weighted by Crippen LogP contribution is 2.11. The van der Waals surface area contributed by atoms with Gasteiger partial charge in [-0.2, -0.15) is 0 Å². The first kappa shape index (κ1) is 9.33. The van der Waals surface area contributed by atoms with E-state index in [2.05, 4.69) is 36.9 Å². The standard InChI is InChI=1S/C10H18N2/c1-5-9(2)12-7-6-11(4)10(3)8-12/h5,10H,1-2,6-8H2,3-4H3. The van der Waals surface area contributed by atoms with Crippen LogP contribution in [-0.2, 0) is 0 Å². The summed E-state index contributed by atoms with van der Waals surface area (Å²) in [5, 5.41) is 0. The van der Waals surface area contributed by atoms with Gasteiger partial charge in [0, 0.05) is 31.4 Å². The zero-order valence-corrected chi connectivity index (χ0v) is 8.08. The van der Waals surface area contributed by atoms with Crippen LogP contribution in [0, 0.1) is 0 Å². The van der Waals surface area contributed by atoms with Crippen molar-refractivity contribution < 1.29 is 0 Å². The molecule has 2 nitrogen and oxygen atoms in total. The average Bonchev–Trinajstić information content (AvgIpc) is 2.08. The third kappa shape index (κ3) is 1.89. The molecule has 0 radical (unpaired) electrons. The van der Waals surface area contributed by atoms with Gasteiger partial charge in [0.05, 0.1) is 0 Å². The molecular weight excluding hydrogens is 148 g/mol. The molecule has 0 aliphatic carbocycles. The van der Waals surface area contributed by atoms with E-state index in [0.29, 0.717) is 6.04 Å². The van der Waals surface area contributed by atoms with Crippen LogP contribution in [0.1, 0.15) is 6.92 Å². The lowest BCUT2D eigenvalue weighted by molar-refractivity contribution is 0.133. The Kier molecular flexibility index (Phi) is 2.93. The molecule has 1 atom stereocenters. The van der Waals surface area contributed by atoms with Gasteiger partial charge in [-0.25, -0.2) is 0 Å². The van der Waals surface area contributed by atoms with Crippen molar-refractivity contribution in [1.82, 2.24) is 9.80 Å². The molecule has 0 bridgehead atoms. The van der Waals surface area contributed by atoms with Gasteiger partial charge in [-0.15, -0.1) is 0 Å². The van der Waals surface area contributed by atoms with E-state index in [9.17, 15) is 0 Å². The van der Waals surface area contributed by atoms with E-state index in [1.165, 1.54) is 0 Å². The summed E-state index contributed by atoms with van der Waals surface area (Å²) in [4.78, 5) is 4.66. The molecule has 1 aliphatic rings. The molecular formula is C10H18N2. The summed E-state index contributed by atoms with van der Waals surface area (Å²) in [6.45, 7) is 13.2. The van der Waals surface area contributed by atoms with E-state index in [0.717, 1.165) is 25.3 Å². The first-order valence-electron chi connectivity index (χ1n) is 4.41. The lowest BCUT2D eigenvalue weighted by atomic mass is 10.2. The number of nitrogens with zero attached hydrogens (tertiary/aromatic N) is 2. The smallest absolute Gasteiger partial charge is 0.0331 e. The largest absolute Gasteiger partial charge is 0.369 e. The fraction of sp³-hybridized carbons (Fsp3) is 0.600. The van der Waals surface area contributed by atoms with E-state index in [1.54, 1.807) is 0 Å². The molecule has 0 aromatic carbocycles. The minimum atomic E-state index is 0.621. The Balaban J connectivity index is 2.50. The van der Waals surface area contributed by atoms with Crippen LogP contribution in [0.3, 0.4) is 0 Å². The van der Waals surface area contributed by atoms with Crippen LogP contribution in [0.15, 0.2) is 24.9 Å². The Morgan fingerprint density at radius 3 is 2.67 bits per heavy atom. The van der Waals surface area contributed by atoms with Crippen molar-refractivity contribution in [3.8, 4) is 0 Å². The second kappa shape index (κ2) is 3.76. The SMILES string of the molecule is C=CC(=C)N1CCN(C)C(C)C1. The molecule has 1 rings (SSSR count). The second-order valence-electron chi connectivity index (χ2n) is 3.47. The predicted octanol–water partition coefficient (Wildman–Crippen LogP) is 1.32. The molecule has 2 heteroatoms. The monoisotopic (exact) mass is 166 g/mol. The molecule has 0 saturated carbocycles. The molecule has 0 spiro atoms. The highest BCUT2D eigenvalue weighted by molar-refractivity contribution is 5.11. The summed E-state index contributed by atoms with van der Waals surface area (Å²) in [7, 11) is 2.17. The summed E-state index contributed by atoms with van der Waals surface area (Å²) >= 11 is 0. The number of piperazine rings is 1. The summed E-state index contributed by atoms with van der Waals surface area (Å²) < 4.78 is 0. The Hall–Kier alpha value is -0.760. The number of hydrogen-bond donors (Lipinski definition) is 0. The first-order valence-corrected chi connectivity index (χ1v) is 4.41. The fourth-order valence-corrected chi connectivity index (χ4v) is 1.44. The zero-order chi connectivity index (χ0) is 9.14. The highest BCUT2D eigenvalue weighted by Gasteiger charge is 2.19. The topological polar surface area (TPSA) is 6.48 Å². The van der Waals surface area contributed by atoms with E-state index < -0.39 is 0 Å². The lowest BCUT2D eigenvalue weighted by Crippen LogP contribution is -2.49. The van der Waals surface area contributed by atoms with Gasteiger partial charge in [-0.05, 0) is 20.0 Å². The molecule has 0 aromatic rings. The molecule has 1 saturated heterocycles. The van der Waals surface area contributed by atoms with Gasteiger partial charge in [0.2, 0.25) is 0 Å². The van der Waals surface area contributed by atoms with Crippen molar-refractivity contribution in [2.45, 2.75) is 13.0 Å². The average molecular weight is 166 g/mol. The molecule has 0 amide bonds. The summed E-state index contributed by atoms with van der Waals surface area (Å²) in [6, 6.07) is 0.621. The van der Waals surface area contributed by atoms with E-state index in [4.69, 9.17) is 0 Å². The number of likely N-dealkylation sites (N-methyl/N-ethyl adjacent to an activating group) is 1. The van der Waals surface area contributed by atoms with Crippen molar-refractivity contribution in [3.05, 3.63) is 24.9 Å². The Morgan fingerprint density at radius 1 is 1.50 bits per heavy atom. The molecule has 1 fully saturated rings. The van der Waals surface area contributed by atoms with E-state index in [1.807, 2.05) is 6.08 Å². The van der Waals surface area contributed by atoms with Crippen molar-refractivity contribution >= 4 is 0 Å². The van der Waals surface area contributed by atoms with Crippen molar-refractivity contribution in [2.75, 3.05) is 26.7 Å². The van der Waals surface area contributed by atoms with Crippen molar-refractivity contribution in [3.63, 3.8) is 0 Å². The fourth-order valence-electron chi connectivity index (χ4n) is 1.44. The van der Waals surface area contributed by atoms with Crippen LogP contribution in [-0.4, -0.2) is 42.5 Å².